The van der Waals surface area contributed by atoms with Crippen molar-refractivity contribution in [3.63, 3.8) is 0 Å². The number of hydrogen-bond acceptors (Lipinski definition) is 3. The van der Waals surface area contributed by atoms with Gasteiger partial charge in [-0.05, 0) is 22.0 Å². The Morgan fingerprint density at radius 2 is 2.17 bits per heavy atom. The summed E-state index contributed by atoms with van der Waals surface area (Å²) in [6.07, 6.45) is 1.38. The molecule has 0 fully saturated rings. The topological polar surface area (TPSA) is 71.3 Å². The summed E-state index contributed by atoms with van der Waals surface area (Å²) >= 11 is 3.12. The molecule has 0 aliphatic heterocycles. The Morgan fingerprint density at radius 1 is 1.50 bits per heavy atom. The number of hydrogen-bond donors (Lipinski definition) is 2. The average Bonchev–Trinajstić information content (AvgIpc) is 2.31. The second kappa shape index (κ2) is 6.05. The van der Waals surface area contributed by atoms with E-state index in [1.807, 2.05) is 5.32 Å². The van der Waals surface area contributed by atoms with Gasteiger partial charge in [0.1, 0.15) is 13.2 Å². The zero-order valence-corrected chi connectivity index (χ0v) is 10.8. The lowest BCUT2D eigenvalue weighted by Gasteiger charge is -2.14. The van der Waals surface area contributed by atoms with E-state index in [0.29, 0.717) is 4.47 Å². The molecule has 0 aliphatic carbocycles. The Balaban J connectivity index is 2.60. The van der Waals surface area contributed by atoms with Gasteiger partial charge >= 0.3 is 0 Å². The highest BCUT2D eigenvalue weighted by Crippen LogP contribution is 2.09. The number of nitrogens with one attached hydrogen (secondary N) is 1. The first-order valence-electron chi connectivity index (χ1n) is 4.95. The predicted molar refractivity (Wildman–Crippen MR) is 63.4 cm³/mol. The maximum absolute atomic E-state index is 12.7. The van der Waals surface area contributed by atoms with Gasteiger partial charge in [-0.3, -0.25) is 9.59 Å². The number of aliphatic hydroxyl groups excluding tert-OH is 1. The molecule has 5 nitrogen and oxygen atoms in total. The van der Waals surface area contributed by atoms with Crippen molar-refractivity contribution >= 4 is 21.8 Å². The summed E-state index contributed by atoms with van der Waals surface area (Å²) in [5.41, 5.74) is -0.415. The Labute approximate surface area is 110 Å². The van der Waals surface area contributed by atoms with Crippen LogP contribution in [-0.2, 0) is 11.3 Å². The molecule has 1 rings (SSSR count). The summed E-state index contributed by atoms with van der Waals surface area (Å²) in [5.74, 6) is -4.10. The Morgan fingerprint density at radius 3 is 2.78 bits per heavy atom. The summed E-state index contributed by atoms with van der Waals surface area (Å²) in [5, 5.41) is 10.3. The molecule has 0 atom stereocenters. The highest BCUT2D eigenvalue weighted by atomic mass is 79.9. The van der Waals surface area contributed by atoms with E-state index in [4.69, 9.17) is 5.11 Å². The summed E-state index contributed by atoms with van der Waals surface area (Å²) in [4.78, 5) is 22.7. The van der Waals surface area contributed by atoms with Crippen molar-refractivity contribution in [2.75, 3.05) is 13.2 Å². The number of aromatic nitrogens is 1. The minimum Gasteiger partial charge on any atom is -0.390 e. The molecule has 0 aromatic carbocycles. The third kappa shape index (κ3) is 4.53. The maximum atomic E-state index is 12.7. The number of carbonyl (C=O) groups is 1. The largest absolute Gasteiger partial charge is 0.390 e. The molecule has 0 radical (unpaired) electrons. The third-order valence-electron chi connectivity index (χ3n) is 2.04. The summed E-state index contributed by atoms with van der Waals surface area (Å²) in [6.45, 7) is -2.67. The lowest BCUT2D eigenvalue weighted by molar-refractivity contribution is -0.124. The quantitative estimate of drug-likeness (QED) is 0.821. The van der Waals surface area contributed by atoms with E-state index in [1.165, 1.54) is 18.3 Å². The van der Waals surface area contributed by atoms with E-state index in [-0.39, 0.29) is 6.54 Å². The van der Waals surface area contributed by atoms with Crippen LogP contribution in [0.5, 0.6) is 0 Å². The molecule has 1 aromatic heterocycles. The van der Waals surface area contributed by atoms with Crippen molar-refractivity contribution in [3.05, 3.63) is 33.2 Å². The average molecular weight is 325 g/mol. The van der Waals surface area contributed by atoms with Crippen molar-refractivity contribution in [2.45, 2.75) is 12.5 Å². The van der Waals surface area contributed by atoms with E-state index in [9.17, 15) is 18.4 Å². The first-order chi connectivity index (χ1) is 8.34. The van der Waals surface area contributed by atoms with Crippen molar-refractivity contribution < 1.29 is 18.7 Å². The fraction of sp³-hybridized carbons (Fsp3) is 0.400. The molecule has 0 spiro atoms. The third-order valence-corrected chi connectivity index (χ3v) is 2.51. The van der Waals surface area contributed by atoms with Crippen molar-refractivity contribution in [2.24, 2.45) is 0 Å². The smallest absolute Gasteiger partial charge is 0.287 e. The molecule has 1 heterocycles. The van der Waals surface area contributed by atoms with Crippen LogP contribution in [0.4, 0.5) is 8.78 Å². The molecule has 0 saturated carbocycles. The van der Waals surface area contributed by atoms with Gasteiger partial charge in [0.05, 0.1) is 6.54 Å². The van der Waals surface area contributed by atoms with E-state index in [2.05, 4.69) is 15.9 Å². The highest BCUT2D eigenvalue weighted by molar-refractivity contribution is 9.10. The number of aliphatic hydroxyl groups is 1. The standard InChI is InChI=1S/C10H11BrF2N2O3/c11-7-1-2-9(18)15(3-7)4-8(17)14-5-10(12,13)6-16/h1-3,16H,4-6H2,(H,14,17). The van der Waals surface area contributed by atoms with Crippen LogP contribution in [0.25, 0.3) is 0 Å². The zero-order chi connectivity index (χ0) is 13.8. The molecule has 0 aliphatic rings. The number of carbonyl (C=O) groups excluding carboxylic acids is 1. The number of halogens is 3. The fourth-order valence-corrected chi connectivity index (χ4v) is 1.50. The van der Waals surface area contributed by atoms with Crippen LogP contribution in [-0.4, -0.2) is 34.7 Å². The number of pyridine rings is 1. The molecule has 2 N–H and O–H groups in total. The first-order valence-corrected chi connectivity index (χ1v) is 5.75. The molecule has 1 aromatic rings. The second-order valence-corrected chi connectivity index (χ2v) is 4.52. The van der Waals surface area contributed by atoms with E-state index < -0.39 is 30.5 Å². The summed E-state index contributed by atoms with van der Waals surface area (Å²) in [6, 6.07) is 2.76. The number of amides is 1. The summed E-state index contributed by atoms with van der Waals surface area (Å²) in [7, 11) is 0. The van der Waals surface area contributed by atoms with E-state index in [1.54, 1.807) is 0 Å². The Kier molecular flexibility index (Phi) is 4.97. The van der Waals surface area contributed by atoms with Crippen LogP contribution in [0.15, 0.2) is 27.6 Å². The fourth-order valence-electron chi connectivity index (χ4n) is 1.12. The monoisotopic (exact) mass is 324 g/mol. The molecular formula is C10H11BrF2N2O3. The van der Waals surface area contributed by atoms with Gasteiger partial charge in [0.15, 0.2) is 0 Å². The van der Waals surface area contributed by atoms with Gasteiger partial charge in [-0.2, -0.15) is 0 Å². The molecular weight excluding hydrogens is 314 g/mol. The van der Waals surface area contributed by atoms with Gasteiger partial charge in [-0.15, -0.1) is 0 Å². The van der Waals surface area contributed by atoms with Crippen LogP contribution in [0.3, 0.4) is 0 Å². The minimum absolute atomic E-state index is 0.361. The minimum atomic E-state index is -3.36. The van der Waals surface area contributed by atoms with Crippen LogP contribution >= 0.6 is 15.9 Å². The Hall–Kier alpha value is -1.28. The lowest BCUT2D eigenvalue weighted by Crippen LogP contribution is -2.41. The maximum Gasteiger partial charge on any atom is 0.287 e. The van der Waals surface area contributed by atoms with E-state index in [0.717, 1.165) is 4.57 Å². The summed E-state index contributed by atoms with van der Waals surface area (Å²) < 4.78 is 27.0. The van der Waals surface area contributed by atoms with Gasteiger partial charge in [-0.25, -0.2) is 8.78 Å². The number of alkyl halides is 2. The lowest BCUT2D eigenvalue weighted by atomic mass is 10.3. The van der Waals surface area contributed by atoms with Crippen LogP contribution < -0.4 is 10.9 Å². The number of rotatable bonds is 5. The molecule has 1 amide bonds. The van der Waals surface area contributed by atoms with Crippen molar-refractivity contribution in [1.82, 2.24) is 9.88 Å². The molecule has 100 valence electrons. The van der Waals surface area contributed by atoms with Gasteiger partial charge in [-0.1, -0.05) is 0 Å². The Bertz CT molecular complexity index is 490. The van der Waals surface area contributed by atoms with Crippen LogP contribution in [0.1, 0.15) is 0 Å². The van der Waals surface area contributed by atoms with Crippen molar-refractivity contribution in [3.8, 4) is 0 Å². The molecule has 0 bridgehead atoms. The van der Waals surface area contributed by atoms with Gasteiger partial charge in [0, 0.05) is 16.7 Å². The number of nitrogens with zero attached hydrogens (tertiary/aromatic N) is 1. The molecule has 18 heavy (non-hydrogen) atoms. The zero-order valence-electron chi connectivity index (χ0n) is 9.20. The van der Waals surface area contributed by atoms with Gasteiger partial charge < -0.3 is 15.0 Å². The predicted octanol–water partition coefficient (Wildman–Crippen LogP) is 0.355. The SMILES string of the molecule is O=C(Cn1cc(Br)ccc1=O)NCC(F)(F)CO. The van der Waals surface area contributed by atoms with Crippen molar-refractivity contribution in [1.29, 1.82) is 0 Å². The molecule has 0 saturated heterocycles. The van der Waals surface area contributed by atoms with Gasteiger partial charge in [0.2, 0.25) is 5.91 Å². The molecule has 8 heteroatoms. The molecule has 0 unspecified atom stereocenters. The second-order valence-electron chi connectivity index (χ2n) is 3.60. The van der Waals surface area contributed by atoms with E-state index >= 15 is 0 Å². The highest BCUT2D eigenvalue weighted by Gasteiger charge is 2.28. The first kappa shape index (κ1) is 14.8. The normalized spacial score (nSPS) is 11.3. The van der Waals surface area contributed by atoms with Crippen LogP contribution in [0.2, 0.25) is 0 Å². The van der Waals surface area contributed by atoms with Gasteiger partial charge in [0.25, 0.3) is 11.5 Å². The van der Waals surface area contributed by atoms with Crippen LogP contribution in [0, 0.1) is 0 Å².